The van der Waals surface area contributed by atoms with Crippen molar-refractivity contribution in [2.75, 3.05) is 6.54 Å². The minimum atomic E-state index is -0.695. The second-order valence-corrected chi connectivity index (χ2v) is 10.8. The van der Waals surface area contributed by atoms with Crippen molar-refractivity contribution in [1.82, 2.24) is 10.2 Å². The van der Waals surface area contributed by atoms with Gasteiger partial charge in [0.2, 0.25) is 5.91 Å². The summed E-state index contributed by atoms with van der Waals surface area (Å²) in [4.78, 5) is 27.5. The number of nitrogens with one attached hydrogen (secondary N) is 1. The molecule has 6 nitrogen and oxygen atoms in total. The molecule has 3 saturated carbocycles. The predicted molar refractivity (Wildman–Crippen MR) is 118 cm³/mol. The molecule has 0 radical (unpaired) electrons. The molecule has 0 aromatic heterocycles. The van der Waals surface area contributed by atoms with E-state index in [2.05, 4.69) is 26.1 Å². The maximum Gasteiger partial charge on any atom is 0.481 e. The van der Waals surface area contributed by atoms with Crippen molar-refractivity contribution in [1.29, 1.82) is 0 Å². The van der Waals surface area contributed by atoms with E-state index < -0.39 is 24.9 Å². The number of hydrogen-bond donors (Lipinski definition) is 1. The summed E-state index contributed by atoms with van der Waals surface area (Å²) in [5.74, 6) is 0.0715. The van der Waals surface area contributed by atoms with Gasteiger partial charge in [0.15, 0.2) is 0 Å². The van der Waals surface area contributed by atoms with Crippen LogP contribution in [0.25, 0.3) is 0 Å². The van der Waals surface area contributed by atoms with E-state index in [0.29, 0.717) is 23.9 Å². The van der Waals surface area contributed by atoms with Gasteiger partial charge in [0, 0.05) is 12.1 Å². The molecular formula is C24H32BFN2O4. The summed E-state index contributed by atoms with van der Waals surface area (Å²) < 4.78 is 26.2. The van der Waals surface area contributed by atoms with Gasteiger partial charge in [0.1, 0.15) is 11.9 Å². The standard InChI is InChI=1S/C24H32BFN2O4/c1-14(27-21(29)15-7-9-17(26)10-8-15)22(30)28-11-5-6-20(28)25-31-19-13-16-12-18(23(16,2)3)24(19,4)32-25/h7-10,14,16,18-20H,5-6,11-13H2,1-4H3,(H,27,29)/t14-,16?,18?,19?,20?,24+/m1/s1. The van der Waals surface area contributed by atoms with Crippen LogP contribution in [0.5, 0.6) is 0 Å². The molecule has 2 bridgehead atoms. The highest BCUT2D eigenvalue weighted by atomic mass is 19.1. The Bertz CT molecular complexity index is 925. The first-order valence-electron chi connectivity index (χ1n) is 11.8. The zero-order valence-corrected chi connectivity index (χ0v) is 19.3. The molecule has 4 unspecified atom stereocenters. The Hall–Kier alpha value is -1.93. The third kappa shape index (κ3) is 3.29. The Morgan fingerprint density at radius 3 is 2.62 bits per heavy atom. The average Bonchev–Trinajstić information content (AvgIpc) is 3.36. The zero-order chi connectivity index (χ0) is 22.8. The van der Waals surface area contributed by atoms with E-state index >= 15 is 0 Å². The van der Waals surface area contributed by atoms with Crippen LogP contribution < -0.4 is 5.32 Å². The van der Waals surface area contributed by atoms with Crippen LogP contribution in [0, 0.1) is 23.1 Å². The average molecular weight is 442 g/mol. The van der Waals surface area contributed by atoms with E-state index in [-0.39, 0.29) is 29.0 Å². The fourth-order valence-electron chi connectivity index (χ4n) is 6.60. The molecule has 2 amide bonds. The van der Waals surface area contributed by atoms with Crippen molar-refractivity contribution in [3.8, 4) is 0 Å². The van der Waals surface area contributed by atoms with Gasteiger partial charge in [0.05, 0.1) is 17.6 Å². The maximum absolute atomic E-state index is 13.2. The zero-order valence-electron chi connectivity index (χ0n) is 19.3. The highest BCUT2D eigenvalue weighted by molar-refractivity contribution is 6.48. The number of nitrogens with zero attached hydrogens (tertiary/aromatic N) is 1. The monoisotopic (exact) mass is 442 g/mol. The van der Waals surface area contributed by atoms with Crippen LogP contribution in [0.15, 0.2) is 24.3 Å². The molecule has 1 aromatic rings. The van der Waals surface area contributed by atoms with E-state index in [9.17, 15) is 14.0 Å². The van der Waals surface area contributed by atoms with Gasteiger partial charge < -0.3 is 19.5 Å². The molecule has 6 atom stereocenters. The summed E-state index contributed by atoms with van der Waals surface area (Å²) in [6.45, 7) is 9.17. The largest absolute Gasteiger partial charge is 0.481 e. The third-order valence-electron chi connectivity index (χ3n) is 8.69. The summed E-state index contributed by atoms with van der Waals surface area (Å²) in [7, 11) is -0.424. The fraction of sp³-hybridized carbons (Fsp3) is 0.667. The second-order valence-electron chi connectivity index (χ2n) is 10.8. The Balaban J connectivity index is 1.25. The van der Waals surface area contributed by atoms with Crippen LogP contribution in [0.3, 0.4) is 0 Å². The van der Waals surface area contributed by atoms with E-state index in [1.807, 2.05) is 4.90 Å². The molecular weight excluding hydrogens is 410 g/mol. The molecule has 3 aliphatic carbocycles. The molecule has 2 aliphatic heterocycles. The van der Waals surface area contributed by atoms with Gasteiger partial charge in [-0.3, -0.25) is 9.59 Å². The molecule has 1 aromatic carbocycles. The molecule has 2 heterocycles. The number of carbonyl (C=O) groups excluding carboxylic acids is 2. The molecule has 32 heavy (non-hydrogen) atoms. The van der Waals surface area contributed by atoms with Gasteiger partial charge in [-0.2, -0.15) is 0 Å². The maximum atomic E-state index is 13.2. The molecule has 8 heteroatoms. The first-order valence-corrected chi connectivity index (χ1v) is 11.8. The van der Waals surface area contributed by atoms with Crippen LogP contribution in [0.2, 0.25) is 0 Å². The summed E-state index contributed by atoms with van der Waals surface area (Å²) in [6.07, 6.45) is 4.00. The van der Waals surface area contributed by atoms with Crippen LogP contribution in [-0.2, 0) is 14.1 Å². The second kappa shape index (κ2) is 7.56. The SMILES string of the molecule is C[C@@H](NC(=O)c1ccc(F)cc1)C(=O)N1CCCC1B1OC2CC3CC(C3(C)C)[C@]2(C)O1. The number of rotatable bonds is 4. The number of amides is 2. The third-order valence-corrected chi connectivity index (χ3v) is 8.69. The lowest BCUT2D eigenvalue weighted by Gasteiger charge is -2.64. The molecule has 0 spiro atoms. The van der Waals surface area contributed by atoms with E-state index in [1.54, 1.807) is 6.92 Å². The van der Waals surface area contributed by atoms with Gasteiger partial charge in [-0.05, 0) is 81.0 Å². The Labute approximate surface area is 189 Å². The van der Waals surface area contributed by atoms with Gasteiger partial charge in [0.25, 0.3) is 5.91 Å². The fourth-order valence-corrected chi connectivity index (χ4v) is 6.60. The van der Waals surface area contributed by atoms with Crippen molar-refractivity contribution >= 4 is 18.9 Å². The molecule has 6 rings (SSSR count). The molecule has 1 N–H and O–H groups in total. The minimum Gasteiger partial charge on any atom is -0.404 e. The normalized spacial score (nSPS) is 35.8. The van der Waals surface area contributed by atoms with Crippen LogP contribution in [0.1, 0.15) is 63.7 Å². The smallest absolute Gasteiger partial charge is 0.404 e. The van der Waals surface area contributed by atoms with Gasteiger partial charge in [-0.1, -0.05) is 13.8 Å². The summed E-state index contributed by atoms with van der Waals surface area (Å²) in [6, 6.07) is 4.60. The summed E-state index contributed by atoms with van der Waals surface area (Å²) in [5, 5.41) is 2.75. The lowest BCUT2D eigenvalue weighted by Crippen LogP contribution is -2.65. The number of halogens is 1. The number of hydrogen-bond acceptors (Lipinski definition) is 4. The summed E-state index contributed by atoms with van der Waals surface area (Å²) in [5.41, 5.74) is 0.293. The Kier molecular flexibility index (Phi) is 5.17. The number of carbonyl (C=O) groups is 2. The number of likely N-dealkylation sites (tertiary alicyclic amines) is 1. The summed E-state index contributed by atoms with van der Waals surface area (Å²) >= 11 is 0. The Morgan fingerprint density at radius 1 is 1.22 bits per heavy atom. The van der Waals surface area contributed by atoms with Crippen molar-refractivity contribution < 1.29 is 23.3 Å². The van der Waals surface area contributed by atoms with Crippen LogP contribution in [-0.4, -0.2) is 54.1 Å². The van der Waals surface area contributed by atoms with Gasteiger partial charge in [-0.25, -0.2) is 4.39 Å². The van der Waals surface area contributed by atoms with Crippen LogP contribution >= 0.6 is 0 Å². The van der Waals surface area contributed by atoms with Gasteiger partial charge >= 0.3 is 7.12 Å². The predicted octanol–water partition coefficient (Wildman–Crippen LogP) is 3.20. The lowest BCUT2D eigenvalue weighted by molar-refractivity contribution is -0.199. The Morgan fingerprint density at radius 2 is 1.94 bits per heavy atom. The minimum absolute atomic E-state index is 0.0810. The van der Waals surface area contributed by atoms with Crippen LogP contribution in [0.4, 0.5) is 4.39 Å². The quantitative estimate of drug-likeness (QED) is 0.728. The van der Waals surface area contributed by atoms with Gasteiger partial charge in [-0.15, -0.1) is 0 Å². The number of benzene rings is 1. The van der Waals surface area contributed by atoms with Crippen molar-refractivity contribution in [2.24, 2.45) is 17.3 Å². The molecule has 5 aliphatic rings. The van der Waals surface area contributed by atoms with E-state index in [0.717, 1.165) is 19.3 Å². The van der Waals surface area contributed by atoms with E-state index in [4.69, 9.17) is 9.31 Å². The highest BCUT2D eigenvalue weighted by Crippen LogP contribution is 2.65. The van der Waals surface area contributed by atoms with Crippen molar-refractivity contribution in [3.05, 3.63) is 35.6 Å². The first-order chi connectivity index (χ1) is 15.1. The highest BCUT2D eigenvalue weighted by Gasteiger charge is 2.69. The molecule has 5 fully saturated rings. The van der Waals surface area contributed by atoms with E-state index in [1.165, 1.54) is 30.7 Å². The van der Waals surface area contributed by atoms with Crippen molar-refractivity contribution in [2.45, 2.75) is 77.1 Å². The topological polar surface area (TPSA) is 67.9 Å². The first kappa shape index (κ1) is 21.9. The molecule has 172 valence electrons. The van der Waals surface area contributed by atoms with Crippen molar-refractivity contribution in [3.63, 3.8) is 0 Å². The molecule has 2 saturated heterocycles. The lowest BCUT2D eigenvalue weighted by atomic mass is 9.43.